The van der Waals surface area contributed by atoms with Gasteiger partial charge < -0.3 is 17.0 Å². The first-order valence-corrected chi connectivity index (χ1v) is 8.11. The first-order chi connectivity index (χ1) is 11.0. The Morgan fingerprint density at radius 2 is 1.79 bits per heavy atom. The van der Waals surface area contributed by atoms with E-state index in [1.54, 1.807) is 12.1 Å². The SMILES string of the molecule is CC(C)=NNc1nc(-c2ccc(N3C(=O)CCC3=O)cc2)cs1.[Br-]. The molecule has 0 saturated carbocycles. The zero-order valence-corrected chi connectivity index (χ0v) is 15.6. The number of amides is 2. The number of nitrogens with zero attached hydrogens (tertiary/aromatic N) is 3. The highest BCUT2D eigenvalue weighted by molar-refractivity contribution is 7.14. The molecule has 3 rings (SSSR count). The van der Waals surface area contributed by atoms with Gasteiger partial charge in [-0.1, -0.05) is 12.1 Å². The van der Waals surface area contributed by atoms with Crippen LogP contribution < -0.4 is 27.3 Å². The molecule has 0 atom stereocenters. The maximum Gasteiger partial charge on any atom is 0.234 e. The lowest BCUT2D eigenvalue weighted by Gasteiger charge is -2.13. The van der Waals surface area contributed by atoms with E-state index in [-0.39, 0.29) is 28.8 Å². The van der Waals surface area contributed by atoms with Gasteiger partial charge in [-0.05, 0) is 26.0 Å². The fourth-order valence-electron chi connectivity index (χ4n) is 2.26. The van der Waals surface area contributed by atoms with Crippen molar-refractivity contribution in [1.82, 2.24) is 4.98 Å². The van der Waals surface area contributed by atoms with Crippen LogP contribution in [0.2, 0.25) is 0 Å². The van der Waals surface area contributed by atoms with Crippen LogP contribution in [0.15, 0.2) is 34.7 Å². The second-order valence-electron chi connectivity index (χ2n) is 5.38. The molecule has 0 bridgehead atoms. The van der Waals surface area contributed by atoms with Crippen molar-refractivity contribution in [3.05, 3.63) is 29.6 Å². The van der Waals surface area contributed by atoms with Gasteiger partial charge >= 0.3 is 0 Å². The van der Waals surface area contributed by atoms with E-state index in [2.05, 4.69) is 15.5 Å². The number of anilines is 2. The van der Waals surface area contributed by atoms with E-state index >= 15 is 0 Å². The Kier molecular flexibility index (Phi) is 5.84. The summed E-state index contributed by atoms with van der Waals surface area (Å²) in [5.74, 6) is -0.286. The van der Waals surface area contributed by atoms with Crippen molar-refractivity contribution in [2.45, 2.75) is 26.7 Å². The number of hydrogen-bond donors (Lipinski definition) is 1. The predicted octanol–water partition coefficient (Wildman–Crippen LogP) is 0.275. The van der Waals surface area contributed by atoms with Gasteiger partial charge in [0.1, 0.15) is 0 Å². The van der Waals surface area contributed by atoms with Gasteiger partial charge in [-0.25, -0.2) is 4.98 Å². The standard InChI is InChI=1S/C16H16N4O2S.BrH/c1-10(2)18-19-16-17-13(9-23-16)11-3-5-12(6-4-11)20-14(21)7-8-15(20)22;/h3-6,9H,7-8H2,1-2H3,(H,17,19);1H/p-1. The fourth-order valence-corrected chi connectivity index (χ4v) is 2.92. The molecule has 1 aromatic heterocycles. The number of hydrogen-bond acceptors (Lipinski definition) is 6. The minimum Gasteiger partial charge on any atom is -1.00 e. The van der Waals surface area contributed by atoms with Gasteiger partial charge in [0.05, 0.1) is 11.4 Å². The summed E-state index contributed by atoms with van der Waals surface area (Å²) < 4.78 is 0. The third kappa shape index (κ3) is 3.88. The Morgan fingerprint density at radius 1 is 1.17 bits per heavy atom. The average molecular weight is 408 g/mol. The van der Waals surface area contributed by atoms with Crippen LogP contribution in [-0.2, 0) is 9.59 Å². The largest absolute Gasteiger partial charge is 1.00 e. The molecule has 1 aliphatic rings. The summed E-state index contributed by atoms with van der Waals surface area (Å²) in [6, 6.07) is 7.28. The van der Waals surface area contributed by atoms with E-state index in [0.29, 0.717) is 18.5 Å². The molecule has 24 heavy (non-hydrogen) atoms. The van der Waals surface area contributed by atoms with E-state index in [9.17, 15) is 9.59 Å². The van der Waals surface area contributed by atoms with Crippen molar-refractivity contribution in [1.29, 1.82) is 0 Å². The predicted molar refractivity (Wildman–Crippen MR) is 91.7 cm³/mol. The highest BCUT2D eigenvalue weighted by atomic mass is 79.9. The van der Waals surface area contributed by atoms with Gasteiger partial charge in [0.15, 0.2) is 0 Å². The number of carbonyl (C=O) groups is 2. The molecule has 8 heteroatoms. The zero-order valence-electron chi connectivity index (χ0n) is 13.2. The van der Waals surface area contributed by atoms with Crippen molar-refractivity contribution in [3.8, 4) is 11.3 Å². The van der Waals surface area contributed by atoms with Crippen molar-refractivity contribution in [2.24, 2.45) is 5.10 Å². The van der Waals surface area contributed by atoms with Gasteiger partial charge in [0.2, 0.25) is 16.9 Å². The molecule has 0 aliphatic carbocycles. The lowest BCUT2D eigenvalue weighted by Crippen LogP contribution is -3.00. The maximum absolute atomic E-state index is 11.7. The zero-order chi connectivity index (χ0) is 16.4. The van der Waals surface area contributed by atoms with Crippen molar-refractivity contribution in [3.63, 3.8) is 0 Å². The van der Waals surface area contributed by atoms with Crippen molar-refractivity contribution >= 4 is 39.7 Å². The van der Waals surface area contributed by atoms with Crippen LogP contribution >= 0.6 is 11.3 Å². The minimum atomic E-state index is -0.143. The van der Waals surface area contributed by atoms with Gasteiger partial charge in [0.25, 0.3) is 0 Å². The molecule has 1 fully saturated rings. The smallest absolute Gasteiger partial charge is 0.234 e. The van der Waals surface area contributed by atoms with Crippen LogP contribution in [0.3, 0.4) is 0 Å². The highest BCUT2D eigenvalue weighted by Gasteiger charge is 2.30. The lowest BCUT2D eigenvalue weighted by atomic mass is 10.1. The number of hydrazone groups is 1. The van der Waals surface area contributed by atoms with Crippen LogP contribution in [0.4, 0.5) is 10.8 Å². The molecule has 0 spiro atoms. The van der Waals surface area contributed by atoms with Crippen LogP contribution in [0.25, 0.3) is 11.3 Å². The van der Waals surface area contributed by atoms with E-state index in [1.165, 1.54) is 16.2 Å². The Hall–Kier alpha value is -2.06. The molecule has 0 unspecified atom stereocenters. The third-order valence-corrected chi connectivity index (χ3v) is 4.10. The summed E-state index contributed by atoms with van der Waals surface area (Å²) in [5.41, 5.74) is 6.19. The molecule has 2 heterocycles. The topological polar surface area (TPSA) is 74.7 Å². The van der Waals surface area contributed by atoms with Crippen LogP contribution in [0, 0.1) is 0 Å². The number of halogens is 1. The van der Waals surface area contributed by atoms with Crippen LogP contribution in [-0.4, -0.2) is 22.5 Å². The molecular weight excluding hydrogens is 392 g/mol. The number of nitrogens with one attached hydrogen (secondary N) is 1. The summed E-state index contributed by atoms with van der Waals surface area (Å²) in [6.45, 7) is 3.81. The quantitative estimate of drug-likeness (QED) is 0.448. The Labute approximate surface area is 154 Å². The summed E-state index contributed by atoms with van der Waals surface area (Å²) >= 11 is 1.47. The molecule has 1 N–H and O–H groups in total. The monoisotopic (exact) mass is 407 g/mol. The van der Waals surface area contributed by atoms with E-state index in [4.69, 9.17) is 0 Å². The lowest BCUT2D eigenvalue weighted by molar-refractivity contribution is -0.121. The van der Waals surface area contributed by atoms with Crippen molar-refractivity contribution < 1.29 is 26.6 Å². The molecule has 1 aromatic carbocycles. The van der Waals surface area contributed by atoms with Crippen LogP contribution in [0.5, 0.6) is 0 Å². The Morgan fingerprint density at radius 3 is 2.38 bits per heavy atom. The Bertz CT molecular complexity index is 766. The number of rotatable bonds is 4. The fraction of sp³-hybridized carbons (Fsp3) is 0.250. The van der Waals surface area contributed by atoms with Crippen molar-refractivity contribution in [2.75, 3.05) is 10.3 Å². The normalized spacial score (nSPS) is 13.7. The molecule has 0 radical (unpaired) electrons. The second-order valence-corrected chi connectivity index (χ2v) is 6.24. The Balaban J connectivity index is 0.00000208. The number of imide groups is 1. The molecule has 6 nitrogen and oxygen atoms in total. The van der Waals surface area contributed by atoms with E-state index < -0.39 is 0 Å². The maximum atomic E-state index is 11.7. The van der Waals surface area contributed by atoms with Gasteiger partial charge in [-0.15, -0.1) is 11.3 Å². The van der Waals surface area contributed by atoms with Gasteiger partial charge in [-0.3, -0.25) is 19.9 Å². The summed E-state index contributed by atoms with van der Waals surface area (Å²) in [6.07, 6.45) is 0.581. The molecule has 2 amide bonds. The molecular formula is C16H16BrN4O2S-. The van der Waals surface area contributed by atoms with E-state index in [1.807, 2.05) is 31.4 Å². The first kappa shape index (κ1) is 18.3. The number of aromatic nitrogens is 1. The summed E-state index contributed by atoms with van der Waals surface area (Å²) in [7, 11) is 0. The van der Waals surface area contributed by atoms with Gasteiger partial charge in [0, 0.05) is 29.5 Å². The molecule has 1 saturated heterocycles. The summed E-state index contributed by atoms with van der Waals surface area (Å²) in [5, 5.41) is 6.77. The molecule has 1 aliphatic heterocycles. The second kappa shape index (κ2) is 7.67. The molecule has 126 valence electrons. The number of carbonyl (C=O) groups excluding carboxylic acids is 2. The number of benzene rings is 1. The highest BCUT2D eigenvalue weighted by Crippen LogP contribution is 2.28. The molecule has 2 aromatic rings. The van der Waals surface area contributed by atoms with E-state index in [0.717, 1.165) is 22.1 Å². The number of thiazole rings is 1. The van der Waals surface area contributed by atoms with Gasteiger partial charge in [-0.2, -0.15) is 5.10 Å². The third-order valence-electron chi connectivity index (χ3n) is 3.35. The summed E-state index contributed by atoms with van der Waals surface area (Å²) in [4.78, 5) is 29.2. The first-order valence-electron chi connectivity index (χ1n) is 7.23. The minimum absolute atomic E-state index is 0. The van der Waals surface area contributed by atoms with Crippen LogP contribution in [0.1, 0.15) is 26.7 Å². The average Bonchev–Trinajstić information content (AvgIpc) is 3.13.